The summed E-state index contributed by atoms with van der Waals surface area (Å²) in [6, 6.07) is 0. The first-order valence-electron chi connectivity index (χ1n) is 7.81. The normalized spacial score (nSPS) is 20.9. The zero-order valence-corrected chi connectivity index (χ0v) is 13.9. The summed E-state index contributed by atoms with van der Waals surface area (Å²) >= 11 is 0. The van der Waals surface area contributed by atoms with Crippen LogP contribution in [0.3, 0.4) is 0 Å². The Bertz CT molecular complexity index is 321. The fraction of sp³-hybridized carbons (Fsp3) is 0.938. The van der Waals surface area contributed by atoms with E-state index in [0.717, 1.165) is 38.9 Å². The Balaban J connectivity index is 2.44. The molecular weight excluding hydrogens is 252 g/mol. The van der Waals surface area contributed by atoms with Crippen molar-refractivity contribution in [2.24, 2.45) is 17.1 Å². The van der Waals surface area contributed by atoms with Gasteiger partial charge in [-0.1, -0.05) is 13.8 Å². The minimum Gasteiger partial charge on any atom is -0.444 e. The minimum absolute atomic E-state index is 0.166. The summed E-state index contributed by atoms with van der Waals surface area (Å²) in [5.74, 6) is 0.585. The third-order valence-electron chi connectivity index (χ3n) is 3.95. The van der Waals surface area contributed by atoms with Crippen LogP contribution in [0.25, 0.3) is 0 Å². The van der Waals surface area contributed by atoms with Crippen molar-refractivity contribution in [1.29, 1.82) is 0 Å². The van der Waals surface area contributed by atoms with Crippen LogP contribution >= 0.6 is 0 Å². The van der Waals surface area contributed by atoms with E-state index < -0.39 is 5.60 Å². The molecule has 1 rings (SSSR count). The summed E-state index contributed by atoms with van der Waals surface area (Å²) in [6.07, 6.45) is 4.38. The van der Waals surface area contributed by atoms with Crippen LogP contribution in [-0.2, 0) is 4.74 Å². The number of amides is 1. The fourth-order valence-corrected chi connectivity index (χ4v) is 2.49. The van der Waals surface area contributed by atoms with Gasteiger partial charge < -0.3 is 15.4 Å². The van der Waals surface area contributed by atoms with Gasteiger partial charge in [-0.25, -0.2) is 4.79 Å². The number of piperidine rings is 1. The van der Waals surface area contributed by atoms with Gasteiger partial charge in [-0.15, -0.1) is 0 Å². The number of ether oxygens (including phenoxy) is 1. The Morgan fingerprint density at radius 1 is 1.30 bits per heavy atom. The van der Waals surface area contributed by atoms with Crippen LogP contribution in [0.15, 0.2) is 0 Å². The lowest BCUT2D eigenvalue weighted by Gasteiger charge is -2.35. The predicted octanol–water partition coefficient (Wildman–Crippen LogP) is 3.40. The minimum atomic E-state index is -0.411. The molecule has 1 fully saturated rings. The molecule has 0 aromatic heterocycles. The number of likely N-dealkylation sites (tertiary alicyclic amines) is 1. The molecule has 0 bridgehead atoms. The number of hydrogen-bond donors (Lipinski definition) is 1. The van der Waals surface area contributed by atoms with Crippen molar-refractivity contribution in [1.82, 2.24) is 4.90 Å². The summed E-state index contributed by atoms with van der Waals surface area (Å²) in [5, 5.41) is 0. The molecule has 1 saturated heterocycles. The van der Waals surface area contributed by atoms with Crippen LogP contribution < -0.4 is 5.73 Å². The van der Waals surface area contributed by atoms with Gasteiger partial charge in [0, 0.05) is 13.1 Å². The monoisotopic (exact) mass is 284 g/mol. The first-order valence-corrected chi connectivity index (χ1v) is 7.81. The second-order valence-electron chi connectivity index (χ2n) is 7.84. The number of hydrogen-bond acceptors (Lipinski definition) is 3. The third kappa shape index (κ3) is 6.12. The molecule has 0 saturated carbocycles. The van der Waals surface area contributed by atoms with Crippen LogP contribution in [0, 0.1) is 11.3 Å². The molecule has 20 heavy (non-hydrogen) atoms. The van der Waals surface area contributed by atoms with E-state index in [2.05, 4.69) is 13.8 Å². The van der Waals surface area contributed by atoms with E-state index >= 15 is 0 Å². The molecule has 2 N–H and O–H groups in total. The van der Waals surface area contributed by atoms with Gasteiger partial charge in [-0.05, 0) is 64.3 Å². The van der Waals surface area contributed by atoms with Gasteiger partial charge in [0.25, 0.3) is 0 Å². The summed E-state index contributed by atoms with van der Waals surface area (Å²) < 4.78 is 5.46. The number of nitrogens with zero attached hydrogens (tertiary/aromatic N) is 1. The molecule has 0 aromatic carbocycles. The molecule has 4 nitrogen and oxygen atoms in total. The van der Waals surface area contributed by atoms with Crippen molar-refractivity contribution in [3.05, 3.63) is 0 Å². The molecule has 4 heteroatoms. The zero-order valence-electron chi connectivity index (χ0n) is 13.9. The quantitative estimate of drug-likeness (QED) is 0.861. The maximum atomic E-state index is 12.1. The summed E-state index contributed by atoms with van der Waals surface area (Å²) in [7, 11) is 0. The largest absolute Gasteiger partial charge is 0.444 e. The number of carbonyl (C=O) groups is 1. The summed E-state index contributed by atoms with van der Waals surface area (Å²) in [5.41, 5.74) is 5.57. The highest BCUT2D eigenvalue weighted by molar-refractivity contribution is 5.68. The molecule has 0 spiro atoms. The van der Waals surface area contributed by atoms with Crippen molar-refractivity contribution in [3.63, 3.8) is 0 Å². The fourth-order valence-electron chi connectivity index (χ4n) is 2.49. The molecule has 118 valence electrons. The van der Waals surface area contributed by atoms with Gasteiger partial charge in [-0.2, -0.15) is 0 Å². The molecule has 1 heterocycles. The Labute approximate surface area is 124 Å². The molecule has 0 radical (unpaired) electrons. The Morgan fingerprint density at radius 3 is 2.50 bits per heavy atom. The van der Waals surface area contributed by atoms with Crippen LogP contribution in [-0.4, -0.2) is 36.2 Å². The smallest absolute Gasteiger partial charge is 0.410 e. The van der Waals surface area contributed by atoms with Crippen molar-refractivity contribution >= 4 is 6.09 Å². The SMILES string of the molecule is CC(C)(CN)CCC1CCCN(C(=O)OC(C)(C)C)C1. The van der Waals surface area contributed by atoms with Crippen molar-refractivity contribution in [2.45, 2.75) is 65.9 Å². The molecule has 1 unspecified atom stereocenters. The van der Waals surface area contributed by atoms with Crippen LogP contribution in [0.1, 0.15) is 60.3 Å². The lowest BCUT2D eigenvalue weighted by molar-refractivity contribution is 0.0156. The average Bonchev–Trinajstić information content (AvgIpc) is 2.35. The molecular formula is C16H32N2O2. The van der Waals surface area contributed by atoms with Crippen molar-refractivity contribution < 1.29 is 9.53 Å². The summed E-state index contributed by atoms with van der Waals surface area (Å²) in [6.45, 7) is 12.5. The van der Waals surface area contributed by atoms with Crippen LogP contribution in [0.5, 0.6) is 0 Å². The molecule has 1 atom stereocenters. The molecule has 1 aliphatic rings. The second-order valence-corrected chi connectivity index (χ2v) is 7.84. The molecule has 1 amide bonds. The topological polar surface area (TPSA) is 55.6 Å². The summed E-state index contributed by atoms with van der Waals surface area (Å²) in [4.78, 5) is 14.0. The Kier molecular flexibility index (Phi) is 5.87. The number of carbonyl (C=O) groups excluding carboxylic acids is 1. The standard InChI is InChI=1S/C16H32N2O2/c1-15(2,3)20-14(19)18-10-6-7-13(11-18)8-9-16(4,5)12-17/h13H,6-12,17H2,1-5H3. The third-order valence-corrected chi connectivity index (χ3v) is 3.95. The zero-order chi connectivity index (χ0) is 15.4. The lowest BCUT2D eigenvalue weighted by atomic mass is 9.82. The van der Waals surface area contributed by atoms with Crippen molar-refractivity contribution in [2.75, 3.05) is 19.6 Å². The van der Waals surface area contributed by atoms with Gasteiger partial charge in [0.2, 0.25) is 0 Å². The van der Waals surface area contributed by atoms with Crippen LogP contribution in [0.4, 0.5) is 4.79 Å². The van der Waals surface area contributed by atoms with E-state index in [1.807, 2.05) is 25.7 Å². The van der Waals surface area contributed by atoms with E-state index in [-0.39, 0.29) is 11.5 Å². The van der Waals surface area contributed by atoms with E-state index in [0.29, 0.717) is 5.92 Å². The maximum absolute atomic E-state index is 12.1. The van der Waals surface area contributed by atoms with E-state index in [4.69, 9.17) is 10.5 Å². The van der Waals surface area contributed by atoms with E-state index in [1.165, 1.54) is 6.42 Å². The number of nitrogens with two attached hydrogens (primary N) is 1. The highest BCUT2D eigenvalue weighted by atomic mass is 16.6. The Morgan fingerprint density at radius 2 is 1.95 bits per heavy atom. The van der Waals surface area contributed by atoms with E-state index in [9.17, 15) is 4.79 Å². The number of rotatable bonds is 4. The molecule has 0 aromatic rings. The average molecular weight is 284 g/mol. The van der Waals surface area contributed by atoms with Gasteiger partial charge in [-0.3, -0.25) is 0 Å². The molecule has 1 aliphatic heterocycles. The van der Waals surface area contributed by atoms with Gasteiger partial charge >= 0.3 is 6.09 Å². The lowest BCUT2D eigenvalue weighted by Crippen LogP contribution is -2.43. The van der Waals surface area contributed by atoms with Gasteiger partial charge in [0.05, 0.1) is 0 Å². The predicted molar refractivity (Wildman–Crippen MR) is 82.6 cm³/mol. The first kappa shape index (κ1) is 17.3. The van der Waals surface area contributed by atoms with Gasteiger partial charge in [0.15, 0.2) is 0 Å². The van der Waals surface area contributed by atoms with E-state index in [1.54, 1.807) is 0 Å². The molecule has 0 aliphatic carbocycles. The highest BCUT2D eigenvalue weighted by Gasteiger charge is 2.28. The Hall–Kier alpha value is -0.770. The first-order chi connectivity index (χ1) is 9.13. The second kappa shape index (κ2) is 6.79. The van der Waals surface area contributed by atoms with Crippen molar-refractivity contribution in [3.8, 4) is 0 Å². The van der Waals surface area contributed by atoms with Gasteiger partial charge in [0.1, 0.15) is 5.60 Å². The van der Waals surface area contributed by atoms with Crippen LogP contribution in [0.2, 0.25) is 0 Å². The maximum Gasteiger partial charge on any atom is 0.410 e. The highest BCUT2D eigenvalue weighted by Crippen LogP contribution is 2.28.